The van der Waals surface area contributed by atoms with E-state index in [-0.39, 0.29) is 5.91 Å². The van der Waals surface area contributed by atoms with Crippen LogP contribution in [0.4, 0.5) is 0 Å². The van der Waals surface area contributed by atoms with E-state index in [9.17, 15) is 4.79 Å². The Morgan fingerprint density at radius 3 is 2.71 bits per heavy atom. The maximum absolute atomic E-state index is 12.9. The smallest absolute Gasteiger partial charge is 0.252 e. The quantitative estimate of drug-likeness (QED) is 0.555. The Labute approximate surface area is 167 Å². The largest absolute Gasteiger partial charge is 0.346 e. The van der Waals surface area contributed by atoms with Crippen molar-refractivity contribution in [1.29, 1.82) is 0 Å². The van der Waals surface area contributed by atoms with E-state index in [1.54, 1.807) is 11.3 Å². The Morgan fingerprint density at radius 1 is 1.18 bits per heavy atom. The van der Waals surface area contributed by atoms with Crippen LogP contribution in [0.5, 0.6) is 0 Å². The Kier molecular flexibility index (Phi) is 4.92. The molecule has 3 heterocycles. The highest BCUT2D eigenvalue weighted by Gasteiger charge is 2.18. The topological polar surface area (TPSA) is 72.7 Å². The normalized spacial score (nSPS) is 11.1. The standard InChI is InChI=1S/C21H21N5OS/c1-4-26-19-18(14(3)25-26)17(10-13(2)23-19)20(27)22-11-16-12-28-21(24-16)15-8-6-5-7-9-15/h5-10,12H,4,11H2,1-3H3,(H,22,27). The molecule has 1 N–H and O–H groups in total. The van der Waals surface area contributed by atoms with Gasteiger partial charge in [-0.15, -0.1) is 11.3 Å². The molecule has 7 heteroatoms. The van der Waals surface area contributed by atoms with Crippen LogP contribution in [0.3, 0.4) is 0 Å². The fourth-order valence-electron chi connectivity index (χ4n) is 3.25. The van der Waals surface area contributed by atoms with Gasteiger partial charge in [-0.05, 0) is 26.8 Å². The summed E-state index contributed by atoms with van der Waals surface area (Å²) in [5.41, 5.74) is 4.91. The molecule has 28 heavy (non-hydrogen) atoms. The average Bonchev–Trinajstić information content (AvgIpc) is 3.31. The van der Waals surface area contributed by atoms with E-state index in [1.165, 1.54) is 0 Å². The van der Waals surface area contributed by atoms with Crippen LogP contribution >= 0.6 is 11.3 Å². The Balaban J connectivity index is 1.57. The van der Waals surface area contributed by atoms with Gasteiger partial charge in [0, 0.05) is 23.2 Å². The number of thiazole rings is 1. The molecule has 6 nitrogen and oxygen atoms in total. The van der Waals surface area contributed by atoms with Crippen molar-refractivity contribution in [3.63, 3.8) is 0 Å². The van der Waals surface area contributed by atoms with E-state index in [0.29, 0.717) is 18.7 Å². The molecular formula is C21H21N5OS. The van der Waals surface area contributed by atoms with Crippen molar-refractivity contribution < 1.29 is 4.79 Å². The van der Waals surface area contributed by atoms with Crippen molar-refractivity contribution in [3.05, 3.63) is 64.4 Å². The van der Waals surface area contributed by atoms with Crippen LogP contribution in [0.2, 0.25) is 0 Å². The second-order valence-electron chi connectivity index (χ2n) is 6.60. The molecule has 0 atom stereocenters. The van der Waals surface area contributed by atoms with Crippen molar-refractivity contribution in [3.8, 4) is 10.6 Å². The molecule has 4 aromatic rings. The van der Waals surface area contributed by atoms with Gasteiger partial charge in [0.15, 0.2) is 5.65 Å². The lowest BCUT2D eigenvalue weighted by Crippen LogP contribution is -2.23. The summed E-state index contributed by atoms with van der Waals surface area (Å²) in [6.45, 7) is 6.91. The van der Waals surface area contributed by atoms with Crippen LogP contribution in [0, 0.1) is 13.8 Å². The van der Waals surface area contributed by atoms with Gasteiger partial charge in [0.05, 0.1) is 28.9 Å². The van der Waals surface area contributed by atoms with Crippen molar-refractivity contribution in [1.82, 2.24) is 25.1 Å². The minimum absolute atomic E-state index is 0.136. The van der Waals surface area contributed by atoms with E-state index >= 15 is 0 Å². The number of hydrogen-bond donors (Lipinski definition) is 1. The van der Waals surface area contributed by atoms with Crippen LogP contribution < -0.4 is 5.32 Å². The minimum atomic E-state index is -0.136. The first-order valence-corrected chi connectivity index (χ1v) is 10.1. The predicted molar refractivity (Wildman–Crippen MR) is 111 cm³/mol. The summed E-state index contributed by atoms with van der Waals surface area (Å²) in [6.07, 6.45) is 0. The zero-order valence-electron chi connectivity index (χ0n) is 16.1. The molecule has 0 aliphatic heterocycles. The Bertz CT molecular complexity index is 1150. The second-order valence-corrected chi connectivity index (χ2v) is 7.46. The number of hydrogen-bond acceptors (Lipinski definition) is 5. The fraction of sp³-hybridized carbons (Fsp3) is 0.238. The van der Waals surface area contributed by atoms with Crippen LogP contribution in [-0.2, 0) is 13.1 Å². The predicted octanol–water partition coefficient (Wildman–Crippen LogP) is 4.12. The molecule has 1 amide bonds. The number of amides is 1. The molecule has 142 valence electrons. The molecule has 3 aromatic heterocycles. The highest BCUT2D eigenvalue weighted by molar-refractivity contribution is 7.13. The van der Waals surface area contributed by atoms with Gasteiger partial charge in [-0.25, -0.2) is 14.6 Å². The number of fused-ring (bicyclic) bond motifs is 1. The summed E-state index contributed by atoms with van der Waals surface area (Å²) in [7, 11) is 0. The lowest BCUT2D eigenvalue weighted by molar-refractivity contribution is 0.0952. The lowest BCUT2D eigenvalue weighted by Gasteiger charge is -2.07. The minimum Gasteiger partial charge on any atom is -0.346 e. The van der Waals surface area contributed by atoms with Gasteiger partial charge in [0.2, 0.25) is 0 Å². The maximum Gasteiger partial charge on any atom is 0.252 e. The molecule has 4 rings (SSSR count). The van der Waals surface area contributed by atoms with Gasteiger partial charge >= 0.3 is 0 Å². The number of nitrogens with zero attached hydrogens (tertiary/aromatic N) is 4. The zero-order valence-corrected chi connectivity index (χ0v) is 16.9. The van der Waals surface area contributed by atoms with E-state index in [0.717, 1.165) is 38.7 Å². The van der Waals surface area contributed by atoms with Crippen LogP contribution in [-0.4, -0.2) is 25.7 Å². The highest BCUT2D eigenvalue weighted by atomic mass is 32.1. The van der Waals surface area contributed by atoms with Gasteiger partial charge in [-0.2, -0.15) is 5.10 Å². The second kappa shape index (κ2) is 7.52. The first-order valence-electron chi connectivity index (χ1n) is 9.19. The average molecular weight is 392 g/mol. The summed E-state index contributed by atoms with van der Waals surface area (Å²) >= 11 is 1.58. The Hall–Kier alpha value is -3.06. The van der Waals surface area contributed by atoms with Gasteiger partial charge in [0.1, 0.15) is 5.01 Å². The van der Waals surface area contributed by atoms with Crippen molar-refractivity contribution in [2.75, 3.05) is 0 Å². The lowest BCUT2D eigenvalue weighted by atomic mass is 10.1. The van der Waals surface area contributed by atoms with Gasteiger partial charge < -0.3 is 5.32 Å². The molecule has 0 unspecified atom stereocenters. The van der Waals surface area contributed by atoms with Gasteiger partial charge in [0.25, 0.3) is 5.91 Å². The molecule has 1 aromatic carbocycles. The molecule has 0 aliphatic carbocycles. The molecule has 0 saturated heterocycles. The third kappa shape index (κ3) is 3.41. The van der Waals surface area contributed by atoms with Crippen LogP contribution in [0.15, 0.2) is 41.8 Å². The van der Waals surface area contributed by atoms with E-state index < -0.39 is 0 Å². The molecule has 0 radical (unpaired) electrons. The summed E-state index contributed by atoms with van der Waals surface area (Å²) in [4.78, 5) is 22.1. The molecule has 0 saturated carbocycles. The van der Waals surface area contributed by atoms with E-state index in [1.807, 2.05) is 67.2 Å². The van der Waals surface area contributed by atoms with Gasteiger partial charge in [-0.3, -0.25) is 4.79 Å². The van der Waals surface area contributed by atoms with E-state index in [4.69, 9.17) is 0 Å². The fourth-order valence-corrected chi connectivity index (χ4v) is 4.07. The number of benzene rings is 1. The summed E-state index contributed by atoms with van der Waals surface area (Å²) in [5.74, 6) is -0.136. The first kappa shape index (κ1) is 18.3. The van der Waals surface area contributed by atoms with Crippen LogP contribution in [0.25, 0.3) is 21.6 Å². The number of aromatic nitrogens is 4. The van der Waals surface area contributed by atoms with Crippen molar-refractivity contribution >= 4 is 28.3 Å². The third-order valence-electron chi connectivity index (χ3n) is 4.55. The van der Waals surface area contributed by atoms with Crippen molar-refractivity contribution in [2.45, 2.75) is 33.9 Å². The molecule has 0 bridgehead atoms. The van der Waals surface area contributed by atoms with Gasteiger partial charge in [-0.1, -0.05) is 30.3 Å². The summed E-state index contributed by atoms with van der Waals surface area (Å²) in [6, 6.07) is 11.9. The highest BCUT2D eigenvalue weighted by Crippen LogP contribution is 2.24. The van der Waals surface area contributed by atoms with Crippen molar-refractivity contribution in [2.24, 2.45) is 0 Å². The maximum atomic E-state index is 12.9. The van der Waals surface area contributed by atoms with E-state index in [2.05, 4.69) is 20.4 Å². The number of rotatable bonds is 5. The number of nitrogens with one attached hydrogen (secondary N) is 1. The molecule has 0 spiro atoms. The molecule has 0 fully saturated rings. The monoisotopic (exact) mass is 391 g/mol. The van der Waals surface area contributed by atoms with Crippen LogP contribution in [0.1, 0.15) is 34.4 Å². The summed E-state index contributed by atoms with van der Waals surface area (Å²) < 4.78 is 1.83. The zero-order chi connectivity index (χ0) is 19.7. The summed E-state index contributed by atoms with van der Waals surface area (Å²) in [5, 5.41) is 11.3. The number of carbonyl (C=O) groups is 1. The molecular weight excluding hydrogens is 370 g/mol. The first-order chi connectivity index (χ1) is 13.6. The number of pyridine rings is 1. The number of carbonyl (C=O) groups excluding carboxylic acids is 1. The molecule has 0 aliphatic rings. The Morgan fingerprint density at radius 2 is 1.96 bits per heavy atom. The SMILES string of the molecule is CCn1nc(C)c2c(C(=O)NCc3csc(-c4ccccc4)n3)cc(C)nc21. The number of aryl methyl sites for hydroxylation is 3. The third-order valence-corrected chi connectivity index (χ3v) is 5.49.